The molecule has 2 heterocycles. The third-order valence-electron chi connectivity index (χ3n) is 5.63. The summed E-state index contributed by atoms with van der Waals surface area (Å²) >= 11 is 0. The number of likely N-dealkylation sites (N-methyl/N-ethyl adjacent to an activating group) is 2. The van der Waals surface area contributed by atoms with Crippen LogP contribution in [0.25, 0.3) is 0 Å². The number of rotatable bonds is 5. The number of nitrogens with zero attached hydrogens (tertiary/aromatic N) is 4. The fraction of sp³-hybridized carbons (Fsp3) is 0.273. The zero-order chi connectivity index (χ0) is 21.4. The van der Waals surface area contributed by atoms with E-state index in [2.05, 4.69) is 0 Å². The Morgan fingerprint density at radius 2 is 0.933 bits per heavy atom. The van der Waals surface area contributed by atoms with Crippen LogP contribution in [-0.2, 0) is 9.59 Å². The van der Waals surface area contributed by atoms with Gasteiger partial charge in [0, 0.05) is 27.2 Å². The fourth-order valence-electron chi connectivity index (χ4n) is 4.01. The van der Waals surface area contributed by atoms with Crippen molar-refractivity contribution in [1.82, 2.24) is 19.6 Å². The van der Waals surface area contributed by atoms with Crippen LogP contribution in [0.3, 0.4) is 0 Å². The maximum atomic E-state index is 12.7. The molecule has 0 spiro atoms. The number of amides is 6. The molecule has 2 fully saturated rings. The number of urea groups is 2. The van der Waals surface area contributed by atoms with Crippen LogP contribution in [0.2, 0.25) is 0 Å². The lowest BCUT2D eigenvalue weighted by molar-refractivity contribution is -0.128. The van der Waals surface area contributed by atoms with Crippen molar-refractivity contribution in [3.05, 3.63) is 71.8 Å². The summed E-state index contributed by atoms with van der Waals surface area (Å²) in [6.45, 7) is 0.259. The van der Waals surface area contributed by atoms with Crippen LogP contribution in [0.1, 0.15) is 23.2 Å². The lowest BCUT2D eigenvalue weighted by Crippen LogP contribution is -2.40. The van der Waals surface area contributed by atoms with Crippen molar-refractivity contribution >= 4 is 23.9 Å². The largest absolute Gasteiger partial charge is 0.327 e. The Bertz CT molecular complexity index is 913. The molecular weight excluding hydrogens is 384 g/mol. The van der Waals surface area contributed by atoms with Crippen molar-refractivity contribution in [2.75, 3.05) is 27.2 Å². The lowest BCUT2D eigenvalue weighted by Gasteiger charge is -2.27. The van der Waals surface area contributed by atoms with Crippen LogP contribution in [-0.4, -0.2) is 70.7 Å². The topological polar surface area (TPSA) is 81.2 Å². The van der Waals surface area contributed by atoms with Crippen molar-refractivity contribution in [1.29, 1.82) is 0 Å². The SMILES string of the molecule is CN1C(=O)C(c2ccccc2)N(CCN2C(=O)N(C)C(=O)C2c2ccccc2)C1=O. The summed E-state index contributed by atoms with van der Waals surface area (Å²) in [7, 11) is 2.90. The van der Waals surface area contributed by atoms with Crippen molar-refractivity contribution in [3.8, 4) is 0 Å². The van der Waals surface area contributed by atoms with Gasteiger partial charge < -0.3 is 9.80 Å². The van der Waals surface area contributed by atoms with Gasteiger partial charge in [0.1, 0.15) is 12.1 Å². The summed E-state index contributed by atoms with van der Waals surface area (Å²) in [6, 6.07) is 15.8. The summed E-state index contributed by atoms with van der Waals surface area (Å²) < 4.78 is 0. The Kier molecular flexibility index (Phi) is 4.99. The highest BCUT2D eigenvalue weighted by Crippen LogP contribution is 2.33. The first-order chi connectivity index (χ1) is 14.4. The number of benzene rings is 2. The van der Waals surface area contributed by atoms with Gasteiger partial charge >= 0.3 is 12.1 Å². The normalized spacial score (nSPS) is 21.9. The fourth-order valence-corrected chi connectivity index (χ4v) is 4.01. The Balaban J connectivity index is 1.60. The van der Waals surface area contributed by atoms with E-state index in [1.807, 2.05) is 36.4 Å². The van der Waals surface area contributed by atoms with Crippen molar-refractivity contribution in [2.24, 2.45) is 0 Å². The Labute approximate surface area is 174 Å². The average Bonchev–Trinajstić information content (AvgIpc) is 3.12. The van der Waals surface area contributed by atoms with E-state index in [4.69, 9.17) is 0 Å². The molecule has 2 aliphatic rings. The van der Waals surface area contributed by atoms with Gasteiger partial charge in [-0.3, -0.25) is 19.4 Å². The van der Waals surface area contributed by atoms with Gasteiger partial charge in [-0.25, -0.2) is 9.59 Å². The Morgan fingerprint density at radius 3 is 1.27 bits per heavy atom. The monoisotopic (exact) mass is 406 g/mol. The number of carbonyl (C=O) groups is 4. The minimum atomic E-state index is -0.745. The van der Waals surface area contributed by atoms with Gasteiger partial charge in [0.2, 0.25) is 0 Å². The molecule has 4 rings (SSSR count). The minimum Gasteiger partial charge on any atom is -0.306 e. The van der Waals surface area contributed by atoms with Gasteiger partial charge in [-0.2, -0.15) is 0 Å². The maximum Gasteiger partial charge on any atom is 0.327 e. The molecule has 8 nitrogen and oxygen atoms in total. The van der Waals surface area contributed by atoms with Crippen molar-refractivity contribution in [2.45, 2.75) is 12.1 Å². The average molecular weight is 406 g/mol. The molecule has 0 N–H and O–H groups in total. The van der Waals surface area contributed by atoms with E-state index >= 15 is 0 Å². The summed E-state index contributed by atoms with van der Waals surface area (Å²) in [4.78, 5) is 55.9. The Morgan fingerprint density at radius 1 is 0.600 bits per heavy atom. The first-order valence-corrected chi connectivity index (χ1v) is 9.68. The summed E-state index contributed by atoms with van der Waals surface area (Å²) in [5.41, 5.74) is 1.42. The molecule has 2 unspecified atom stereocenters. The van der Waals surface area contributed by atoms with E-state index in [0.717, 1.165) is 9.80 Å². The molecule has 2 atom stereocenters. The second kappa shape index (κ2) is 7.62. The highest BCUT2D eigenvalue weighted by Gasteiger charge is 2.47. The summed E-state index contributed by atoms with van der Waals surface area (Å²) in [5.74, 6) is -0.626. The van der Waals surface area contributed by atoms with E-state index in [9.17, 15) is 19.2 Å². The van der Waals surface area contributed by atoms with E-state index < -0.39 is 24.1 Å². The molecule has 6 amide bonds. The smallest absolute Gasteiger partial charge is 0.306 e. The van der Waals surface area contributed by atoms with Gasteiger partial charge in [0.05, 0.1) is 0 Å². The quantitative estimate of drug-likeness (QED) is 0.714. The number of carbonyl (C=O) groups excluding carboxylic acids is 4. The summed E-state index contributed by atoms with van der Waals surface area (Å²) in [6.07, 6.45) is 0. The minimum absolute atomic E-state index is 0.130. The van der Waals surface area contributed by atoms with Gasteiger partial charge in [-0.05, 0) is 11.1 Å². The third kappa shape index (κ3) is 3.10. The molecule has 0 bridgehead atoms. The van der Waals surface area contributed by atoms with Crippen LogP contribution in [0, 0.1) is 0 Å². The molecule has 0 aliphatic carbocycles. The molecule has 0 aromatic heterocycles. The van der Waals surface area contributed by atoms with E-state index in [1.165, 1.54) is 23.9 Å². The molecule has 0 saturated carbocycles. The predicted octanol–water partition coefficient (Wildman–Crippen LogP) is 2.26. The van der Waals surface area contributed by atoms with Crippen LogP contribution in [0.4, 0.5) is 9.59 Å². The van der Waals surface area contributed by atoms with Gasteiger partial charge in [0.25, 0.3) is 11.8 Å². The van der Waals surface area contributed by atoms with Crippen LogP contribution >= 0.6 is 0 Å². The molecular formula is C22H22N4O4. The number of hydrogen-bond donors (Lipinski definition) is 0. The van der Waals surface area contributed by atoms with Crippen molar-refractivity contribution < 1.29 is 19.2 Å². The van der Waals surface area contributed by atoms with E-state index in [0.29, 0.717) is 11.1 Å². The number of imide groups is 2. The molecule has 2 aromatic carbocycles. The molecule has 2 aliphatic heterocycles. The third-order valence-corrected chi connectivity index (χ3v) is 5.63. The standard InChI is InChI=1S/C22H22N4O4/c1-23-19(27)17(15-9-5-3-6-10-15)25(21(23)29)13-14-26-18(16-11-7-4-8-12-16)20(28)24(2)22(26)30/h3-12,17-18H,13-14H2,1-2H3. The molecule has 8 heteroatoms. The molecule has 0 radical (unpaired) electrons. The molecule has 2 aromatic rings. The van der Waals surface area contributed by atoms with Gasteiger partial charge in [0.15, 0.2) is 0 Å². The first kappa shape index (κ1) is 19.6. The second-order valence-electron chi connectivity index (χ2n) is 7.37. The van der Waals surface area contributed by atoms with Gasteiger partial charge in [-0.15, -0.1) is 0 Å². The highest BCUT2D eigenvalue weighted by atomic mass is 16.2. The van der Waals surface area contributed by atoms with Crippen LogP contribution < -0.4 is 0 Å². The Hall–Kier alpha value is -3.68. The molecule has 154 valence electrons. The maximum absolute atomic E-state index is 12.7. The van der Waals surface area contributed by atoms with Gasteiger partial charge in [-0.1, -0.05) is 60.7 Å². The second-order valence-corrected chi connectivity index (χ2v) is 7.37. The summed E-state index contributed by atoms with van der Waals surface area (Å²) in [5, 5.41) is 0. The zero-order valence-electron chi connectivity index (χ0n) is 16.8. The van der Waals surface area contributed by atoms with E-state index in [-0.39, 0.29) is 24.9 Å². The van der Waals surface area contributed by atoms with Crippen LogP contribution in [0.5, 0.6) is 0 Å². The van der Waals surface area contributed by atoms with Crippen LogP contribution in [0.15, 0.2) is 60.7 Å². The lowest BCUT2D eigenvalue weighted by atomic mass is 10.1. The molecule has 2 saturated heterocycles. The zero-order valence-corrected chi connectivity index (χ0v) is 16.8. The highest BCUT2D eigenvalue weighted by molar-refractivity contribution is 6.05. The number of hydrogen-bond acceptors (Lipinski definition) is 4. The molecule has 30 heavy (non-hydrogen) atoms. The predicted molar refractivity (Wildman–Crippen MR) is 108 cm³/mol. The first-order valence-electron chi connectivity index (χ1n) is 9.68. The van der Waals surface area contributed by atoms with E-state index in [1.54, 1.807) is 24.3 Å². The van der Waals surface area contributed by atoms with Crippen molar-refractivity contribution in [3.63, 3.8) is 0 Å².